The number of carbonyl (C=O) groups excluding carboxylic acids is 2. The van der Waals surface area contributed by atoms with Crippen LogP contribution in [0.3, 0.4) is 0 Å². The van der Waals surface area contributed by atoms with Gasteiger partial charge in [0.05, 0.1) is 12.6 Å². The van der Waals surface area contributed by atoms with Crippen molar-refractivity contribution in [1.29, 1.82) is 0 Å². The van der Waals surface area contributed by atoms with Crippen molar-refractivity contribution in [1.82, 2.24) is 10.4 Å². The number of benzene rings is 2. The highest BCUT2D eigenvalue weighted by Crippen LogP contribution is 2.34. The molecule has 0 aliphatic carbocycles. The number of rotatable bonds is 3. The Labute approximate surface area is 169 Å². The second-order valence-electron chi connectivity index (χ2n) is 7.35. The molecular weight excluding hydrogens is 372 g/mol. The zero-order chi connectivity index (χ0) is 20.2. The molecule has 2 aromatic rings. The van der Waals surface area contributed by atoms with Crippen molar-refractivity contribution in [3.8, 4) is 5.75 Å². The topological polar surface area (TPSA) is 88.1 Å². The number of hydrogen-bond acceptors (Lipinski definition) is 5. The number of hydrogen-bond donors (Lipinski definition) is 2. The Hall–Kier alpha value is -2.90. The van der Waals surface area contributed by atoms with Crippen molar-refractivity contribution >= 4 is 11.8 Å². The number of ether oxygens (including phenoxy) is 2. The molecule has 29 heavy (non-hydrogen) atoms. The minimum Gasteiger partial charge on any atom is -0.491 e. The molecule has 0 bridgehead atoms. The second kappa shape index (κ2) is 8.63. The molecule has 2 aliphatic rings. The van der Waals surface area contributed by atoms with Crippen LogP contribution in [0.1, 0.15) is 40.4 Å². The van der Waals surface area contributed by atoms with Crippen molar-refractivity contribution < 1.29 is 24.3 Å². The van der Waals surface area contributed by atoms with Crippen LogP contribution in [0.5, 0.6) is 5.75 Å². The first-order valence-corrected chi connectivity index (χ1v) is 9.80. The molecular formula is C22H24N2O5. The molecule has 1 fully saturated rings. The highest BCUT2D eigenvalue weighted by atomic mass is 16.5. The first-order valence-electron chi connectivity index (χ1n) is 9.80. The van der Waals surface area contributed by atoms with Crippen molar-refractivity contribution in [3.63, 3.8) is 0 Å². The van der Waals surface area contributed by atoms with E-state index < -0.39 is 5.91 Å². The Morgan fingerprint density at radius 2 is 1.83 bits per heavy atom. The zero-order valence-corrected chi connectivity index (χ0v) is 16.0. The van der Waals surface area contributed by atoms with Gasteiger partial charge in [-0.1, -0.05) is 36.4 Å². The van der Waals surface area contributed by atoms with Crippen LogP contribution in [0.25, 0.3) is 0 Å². The van der Waals surface area contributed by atoms with Gasteiger partial charge in [-0.3, -0.25) is 14.8 Å². The predicted molar refractivity (Wildman–Crippen MR) is 104 cm³/mol. The maximum Gasteiger partial charge on any atom is 0.274 e. The summed E-state index contributed by atoms with van der Waals surface area (Å²) >= 11 is 0. The lowest BCUT2D eigenvalue weighted by Gasteiger charge is -2.34. The first kappa shape index (κ1) is 19.4. The van der Waals surface area contributed by atoms with Gasteiger partial charge < -0.3 is 14.4 Å². The lowest BCUT2D eigenvalue weighted by molar-refractivity contribution is -0.142. The third-order valence-corrected chi connectivity index (χ3v) is 5.58. The van der Waals surface area contributed by atoms with Crippen LogP contribution >= 0.6 is 0 Å². The Balaban J connectivity index is 1.68. The molecule has 2 aliphatic heterocycles. The summed E-state index contributed by atoms with van der Waals surface area (Å²) in [4.78, 5) is 27.1. The van der Waals surface area contributed by atoms with Crippen LogP contribution < -0.4 is 10.2 Å². The predicted octanol–water partition coefficient (Wildman–Crippen LogP) is 2.69. The zero-order valence-electron chi connectivity index (χ0n) is 16.0. The van der Waals surface area contributed by atoms with E-state index in [9.17, 15) is 9.59 Å². The molecule has 0 radical (unpaired) electrons. The van der Waals surface area contributed by atoms with Gasteiger partial charge in [0.25, 0.3) is 5.91 Å². The Morgan fingerprint density at radius 3 is 2.55 bits per heavy atom. The molecule has 2 heterocycles. The molecule has 2 amide bonds. The fraction of sp³-hybridized carbons (Fsp3) is 0.364. The average molecular weight is 396 g/mol. The molecule has 2 aromatic carbocycles. The minimum atomic E-state index is -0.601. The van der Waals surface area contributed by atoms with Crippen molar-refractivity contribution in [2.24, 2.45) is 5.92 Å². The van der Waals surface area contributed by atoms with Gasteiger partial charge in [0.1, 0.15) is 12.4 Å². The lowest BCUT2D eigenvalue weighted by Crippen LogP contribution is -2.41. The van der Waals surface area contributed by atoms with Crippen LogP contribution in [0.4, 0.5) is 0 Å². The number of hydroxylamine groups is 1. The number of nitrogens with zero attached hydrogens (tertiary/aromatic N) is 1. The summed E-state index contributed by atoms with van der Waals surface area (Å²) in [7, 11) is 0. The molecule has 1 atom stereocenters. The summed E-state index contributed by atoms with van der Waals surface area (Å²) in [5, 5.41) is 8.89. The van der Waals surface area contributed by atoms with E-state index in [2.05, 4.69) is 0 Å². The summed E-state index contributed by atoms with van der Waals surface area (Å²) in [5.74, 6) is -0.00330. The highest BCUT2D eigenvalue weighted by molar-refractivity contribution is 5.93. The fourth-order valence-corrected chi connectivity index (χ4v) is 3.94. The number of amides is 2. The molecule has 0 unspecified atom stereocenters. The lowest BCUT2D eigenvalue weighted by atomic mass is 9.96. The summed E-state index contributed by atoms with van der Waals surface area (Å²) in [5.41, 5.74) is 3.78. The van der Waals surface area contributed by atoms with Gasteiger partial charge in [0, 0.05) is 30.3 Å². The van der Waals surface area contributed by atoms with E-state index in [1.807, 2.05) is 35.2 Å². The molecule has 152 valence electrons. The molecule has 2 N–H and O–H groups in total. The second-order valence-corrected chi connectivity index (χ2v) is 7.35. The molecule has 1 saturated heterocycles. The molecule has 7 nitrogen and oxygen atoms in total. The monoisotopic (exact) mass is 396 g/mol. The molecule has 0 aromatic heterocycles. The third-order valence-electron chi connectivity index (χ3n) is 5.58. The normalized spacial score (nSPS) is 19.6. The Morgan fingerprint density at radius 1 is 1.07 bits per heavy atom. The third kappa shape index (κ3) is 4.11. The average Bonchev–Trinajstić information content (AvgIpc) is 2.98. The maximum absolute atomic E-state index is 13.4. The standard InChI is InChI=1S/C22H24N2O5/c25-21(23-27)17-6-7-18-13-24(22(26)16-8-10-28-11-9-16)19(14-29-20(18)12-17)15-4-2-1-3-5-15/h1-7,12,16,19,27H,8-11,13-14H2,(H,23,25)/t19-/m0/s1. The minimum absolute atomic E-state index is 0.0593. The Bertz CT molecular complexity index is 880. The maximum atomic E-state index is 13.4. The molecule has 7 heteroatoms. The first-order chi connectivity index (χ1) is 14.2. The quantitative estimate of drug-likeness (QED) is 0.615. The van der Waals surface area contributed by atoms with Gasteiger partial charge in [-0.2, -0.15) is 0 Å². The van der Waals surface area contributed by atoms with Gasteiger partial charge >= 0.3 is 0 Å². The van der Waals surface area contributed by atoms with Gasteiger partial charge in [-0.25, -0.2) is 5.48 Å². The van der Waals surface area contributed by atoms with E-state index in [0.717, 1.165) is 24.0 Å². The van der Waals surface area contributed by atoms with E-state index >= 15 is 0 Å². The van der Waals surface area contributed by atoms with E-state index in [4.69, 9.17) is 14.7 Å². The number of fused-ring (bicyclic) bond motifs is 1. The van der Waals surface area contributed by atoms with Crippen LogP contribution in [0.15, 0.2) is 48.5 Å². The summed E-state index contributed by atoms with van der Waals surface area (Å²) < 4.78 is 11.5. The molecule has 0 spiro atoms. The van der Waals surface area contributed by atoms with E-state index in [1.165, 1.54) is 0 Å². The summed E-state index contributed by atoms with van der Waals surface area (Å²) in [6.07, 6.45) is 1.44. The van der Waals surface area contributed by atoms with Crippen LogP contribution in [-0.2, 0) is 16.1 Å². The molecule has 4 rings (SSSR count). The van der Waals surface area contributed by atoms with Crippen molar-refractivity contribution in [3.05, 3.63) is 65.2 Å². The van der Waals surface area contributed by atoms with Crippen LogP contribution in [-0.4, -0.2) is 41.7 Å². The molecule has 0 saturated carbocycles. The van der Waals surface area contributed by atoms with Gasteiger partial charge in [-0.15, -0.1) is 0 Å². The van der Waals surface area contributed by atoms with E-state index in [1.54, 1.807) is 23.7 Å². The SMILES string of the molecule is O=C(NO)c1ccc2c(c1)OC[C@@H](c1ccccc1)N(C(=O)C1CCOCC1)C2. The number of carbonyl (C=O) groups is 2. The largest absolute Gasteiger partial charge is 0.491 e. The Kier molecular flexibility index (Phi) is 5.78. The van der Waals surface area contributed by atoms with E-state index in [-0.39, 0.29) is 24.5 Å². The van der Waals surface area contributed by atoms with Crippen LogP contribution in [0.2, 0.25) is 0 Å². The van der Waals surface area contributed by atoms with Crippen molar-refractivity contribution in [2.75, 3.05) is 19.8 Å². The summed E-state index contributed by atoms with van der Waals surface area (Å²) in [6, 6.07) is 14.6. The van der Waals surface area contributed by atoms with Crippen molar-refractivity contribution in [2.45, 2.75) is 25.4 Å². The van der Waals surface area contributed by atoms with Gasteiger partial charge in [0.15, 0.2) is 0 Å². The van der Waals surface area contributed by atoms with Crippen LogP contribution in [0, 0.1) is 5.92 Å². The van der Waals surface area contributed by atoms with E-state index in [0.29, 0.717) is 31.1 Å². The number of nitrogens with one attached hydrogen (secondary N) is 1. The van der Waals surface area contributed by atoms with Gasteiger partial charge in [-0.05, 0) is 30.5 Å². The highest BCUT2D eigenvalue weighted by Gasteiger charge is 2.34. The smallest absolute Gasteiger partial charge is 0.274 e. The summed E-state index contributed by atoms with van der Waals surface area (Å²) in [6.45, 7) is 1.89. The van der Waals surface area contributed by atoms with Gasteiger partial charge in [0.2, 0.25) is 5.91 Å². The fourth-order valence-electron chi connectivity index (χ4n) is 3.94.